The molecule has 0 saturated carbocycles. The molecule has 15 heavy (non-hydrogen) atoms. The highest BCUT2D eigenvalue weighted by molar-refractivity contribution is 5.90. The Morgan fingerprint density at radius 2 is 1.67 bits per heavy atom. The lowest BCUT2D eigenvalue weighted by Crippen LogP contribution is -1.82. The van der Waals surface area contributed by atoms with Crippen LogP contribution < -0.4 is 0 Å². The Kier molecular flexibility index (Phi) is 2.77. The highest BCUT2D eigenvalue weighted by atomic mass is 19.3. The molecule has 0 nitrogen and oxygen atoms in total. The van der Waals surface area contributed by atoms with E-state index in [1.807, 2.05) is 42.5 Å². The zero-order chi connectivity index (χ0) is 10.7. The molecule has 0 fully saturated rings. The first-order chi connectivity index (χ1) is 7.27. The van der Waals surface area contributed by atoms with Gasteiger partial charge in [0.25, 0.3) is 6.43 Å². The second kappa shape index (κ2) is 4.22. The molecule has 0 unspecified atom stereocenters. The van der Waals surface area contributed by atoms with Crippen LogP contribution in [0.25, 0.3) is 16.8 Å². The van der Waals surface area contributed by atoms with E-state index in [2.05, 4.69) is 0 Å². The maximum Gasteiger partial charge on any atom is 0.257 e. The van der Waals surface area contributed by atoms with Crippen LogP contribution in [-0.2, 0) is 0 Å². The number of allylic oxidation sites excluding steroid dienone is 1. The quantitative estimate of drug-likeness (QED) is 0.690. The van der Waals surface area contributed by atoms with Gasteiger partial charge < -0.3 is 0 Å². The zero-order valence-electron chi connectivity index (χ0n) is 8.03. The lowest BCUT2D eigenvalue weighted by molar-refractivity contribution is 0.205. The van der Waals surface area contributed by atoms with Gasteiger partial charge in [0.1, 0.15) is 0 Å². The predicted molar refractivity (Wildman–Crippen MR) is 59.0 cm³/mol. The maximum atomic E-state index is 12.0. The maximum absolute atomic E-state index is 12.0. The number of rotatable bonds is 2. The number of hydrogen-bond acceptors (Lipinski definition) is 0. The molecule has 0 aliphatic carbocycles. The highest BCUT2D eigenvalue weighted by Gasteiger charge is 1.98. The Morgan fingerprint density at radius 1 is 0.933 bits per heavy atom. The Labute approximate surface area is 86.8 Å². The van der Waals surface area contributed by atoms with E-state index in [4.69, 9.17) is 0 Å². The highest BCUT2D eigenvalue weighted by Crippen LogP contribution is 2.19. The summed E-state index contributed by atoms with van der Waals surface area (Å²) >= 11 is 0. The van der Waals surface area contributed by atoms with Crippen LogP contribution in [0.5, 0.6) is 0 Å². The summed E-state index contributed by atoms with van der Waals surface area (Å²) in [5.74, 6) is 0. The molecule has 76 valence electrons. The number of halogens is 2. The van der Waals surface area contributed by atoms with Crippen LogP contribution in [0.4, 0.5) is 8.78 Å². The first-order valence-electron chi connectivity index (χ1n) is 4.71. The number of benzene rings is 2. The minimum atomic E-state index is -2.40. The molecule has 2 heteroatoms. The number of hydrogen-bond donors (Lipinski definition) is 0. The largest absolute Gasteiger partial charge is 0.257 e. The third-order valence-corrected chi connectivity index (χ3v) is 2.24. The monoisotopic (exact) mass is 204 g/mol. The molecule has 0 amide bonds. The summed E-state index contributed by atoms with van der Waals surface area (Å²) in [6, 6.07) is 13.4. The van der Waals surface area contributed by atoms with E-state index in [1.54, 1.807) is 0 Å². The van der Waals surface area contributed by atoms with E-state index < -0.39 is 6.43 Å². The summed E-state index contributed by atoms with van der Waals surface area (Å²) in [6.07, 6.45) is -0.0293. The van der Waals surface area contributed by atoms with Gasteiger partial charge in [0.15, 0.2) is 0 Å². The van der Waals surface area contributed by atoms with Crippen molar-refractivity contribution in [2.24, 2.45) is 0 Å². The lowest BCUT2D eigenvalue weighted by Gasteiger charge is -2.01. The van der Waals surface area contributed by atoms with Crippen molar-refractivity contribution in [3.63, 3.8) is 0 Å². The van der Waals surface area contributed by atoms with Crippen LogP contribution in [0.1, 0.15) is 5.56 Å². The molecule has 0 bridgehead atoms. The van der Waals surface area contributed by atoms with Gasteiger partial charge in [0.2, 0.25) is 0 Å². The van der Waals surface area contributed by atoms with Crippen molar-refractivity contribution in [3.8, 4) is 0 Å². The summed E-state index contributed by atoms with van der Waals surface area (Å²) in [6.45, 7) is 0. The van der Waals surface area contributed by atoms with Gasteiger partial charge in [-0.05, 0) is 22.4 Å². The van der Waals surface area contributed by atoms with E-state index >= 15 is 0 Å². The number of fused-ring (bicyclic) bond motifs is 1. The van der Waals surface area contributed by atoms with Crippen LogP contribution in [0.15, 0.2) is 48.5 Å². The third-order valence-electron chi connectivity index (χ3n) is 2.24. The van der Waals surface area contributed by atoms with Crippen LogP contribution in [0.2, 0.25) is 0 Å². The summed E-state index contributed by atoms with van der Waals surface area (Å²) < 4.78 is 24.1. The van der Waals surface area contributed by atoms with Crippen molar-refractivity contribution in [3.05, 3.63) is 54.1 Å². The topological polar surface area (TPSA) is 0 Å². The Bertz CT molecular complexity index is 481. The Balaban J connectivity index is 2.51. The molecule has 0 atom stereocenters. The van der Waals surface area contributed by atoms with Crippen molar-refractivity contribution in [1.29, 1.82) is 0 Å². The fourth-order valence-corrected chi connectivity index (χ4v) is 1.57. The molecule has 0 aliphatic heterocycles. The molecule has 0 aromatic heterocycles. The molecule has 0 N–H and O–H groups in total. The molecule has 2 rings (SSSR count). The summed E-state index contributed by atoms with van der Waals surface area (Å²) in [4.78, 5) is 0. The van der Waals surface area contributed by atoms with E-state index in [0.29, 0.717) is 0 Å². The van der Waals surface area contributed by atoms with Crippen molar-refractivity contribution < 1.29 is 8.78 Å². The summed E-state index contributed by atoms with van der Waals surface area (Å²) in [5, 5.41) is 2.06. The van der Waals surface area contributed by atoms with Crippen LogP contribution in [0.3, 0.4) is 0 Å². The van der Waals surface area contributed by atoms with Gasteiger partial charge >= 0.3 is 0 Å². The second-order valence-electron chi connectivity index (χ2n) is 3.26. The molecule has 2 aromatic rings. The predicted octanol–water partition coefficient (Wildman–Crippen LogP) is 4.12. The molecular formula is C13H10F2. The lowest BCUT2D eigenvalue weighted by atomic mass is 10.0. The summed E-state index contributed by atoms with van der Waals surface area (Å²) in [5.41, 5.74) is 0.827. The molecule has 0 saturated heterocycles. The molecule has 2 aromatic carbocycles. The third kappa shape index (κ3) is 2.21. The van der Waals surface area contributed by atoms with Gasteiger partial charge in [-0.15, -0.1) is 0 Å². The molecule has 0 radical (unpaired) electrons. The Hall–Kier alpha value is -1.70. The second-order valence-corrected chi connectivity index (χ2v) is 3.26. The van der Waals surface area contributed by atoms with E-state index in [9.17, 15) is 8.78 Å². The number of alkyl halides is 2. The van der Waals surface area contributed by atoms with E-state index in [-0.39, 0.29) is 0 Å². The van der Waals surface area contributed by atoms with Crippen LogP contribution in [0, 0.1) is 0 Å². The fraction of sp³-hybridized carbons (Fsp3) is 0.0769. The normalized spacial score (nSPS) is 11.7. The molecular weight excluding hydrogens is 194 g/mol. The fourth-order valence-electron chi connectivity index (χ4n) is 1.57. The minimum Gasteiger partial charge on any atom is -0.206 e. The van der Waals surface area contributed by atoms with Gasteiger partial charge in [-0.1, -0.05) is 48.5 Å². The summed E-state index contributed by atoms with van der Waals surface area (Å²) in [7, 11) is 0. The van der Waals surface area contributed by atoms with Gasteiger partial charge in [-0.25, -0.2) is 8.78 Å². The van der Waals surface area contributed by atoms with Crippen LogP contribution >= 0.6 is 0 Å². The van der Waals surface area contributed by atoms with Gasteiger partial charge in [-0.2, -0.15) is 0 Å². The molecule has 0 heterocycles. The van der Waals surface area contributed by atoms with Gasteiger partial charge in [0, 0.05) is 0 Å². The van der Waals surface area contributed by atoms with E-state index in [0.717, 1.165) is 22.4 Å². The van der Waals surface area contributed by atoms with Crippen LogP contribution in [-0.4, -0.2) is 6.43 Å². The van der Waals surface area contributed by atoms with Crippen molar-refractivity contribution >= 4 is 16.8 Å². The zero-order valence-corrected chi connectivity index (χ0v) is 8.03. The SMILES string of the molecule is FC(F)/C=C\c1cccc2ccccc12. The smallest absolute Gasteiger partial charge is 0.206 e. The van der Waals surface area contributed by atoms with Crippen molar-refractivity contribution in [2.45, 2.75) is 6.43 Å². The minimum absolute atomic E-state index is 0.827. The molecule has 0 aliphatic rings. The van der Waals surface area contributed by atoms with Crippen molar-refractivity contribution in [2.75, 3.05) is 0 Å². The van der Waals surface area contributed by atoms with Gasteiger partial charge in [-0.3, -0.25) is 0 Å². The standard InChI is InChI=1S/C13H10F2/c14-13(15)9-8-11-6-3-5-10-4-1-2-7-12(10)11/h1-9,13H/b9-8-. The Morgan fingerprint density at radius 3 is 2.47 bits per heavy atom. The average molecular weight is 204 g/mol. The first-order valence-corrected chi connectivity index (χ1v) is 4.71. The average Bonchev–Trinajstić information content (AvgIpc) is 2.26. The van der Waals surface area contributed by atoms with Gasteiger partial charge in [0.05, 0.1) is 0 Å². The van der Waals surface area contributed by atoms with Crippen molar-refractivity contribution in [1.82, 2.24) is 0 Å². The first kappa shape index (κ1) is 9.84. The molecule has 0 spiro atoms. The van der Waals surface area contributed by atoms with E-state index in [1.165, 1.54) is 6.08 Å².